The quantitative estimate of drug-likeness (QED) is 0.240. The van der Waals surface area contributed by atoms with Crippen LogP contribution in [0.15, 0.2) is 66.7 Å². The third-order valence-corrected chi connectivity index (χ3v) is 6.41. The minimum atomic E-state index is -1.17. The van der Waals surface area contributed by atoms with Gasteiger partial charge in [-0.05, 0) is 74.6 Å². The van der Waals surface area contributed by atoms with Crippen molar-refractivity contribution in [2.75, 3.05) is 48.8 Å². The first-order valence-corrected chi connectivity index (χ1v) is 12.2. The third kappa shape index (κ3) is 6.34. The van der Waals surface area contributed by atoms with Crippen molar-refractivity contribution >= 4 is 40.7 Å². The topological polar surface area (TPSA) is 152 Å². The van der Waals surface area contributed by atoms with E-state index in [0.29, 0.717) is 11.1 Å². The van der Waals surface area contributed by atoms with Gasteiger partial charge in [-0.1, -0.05) is 12.1 Å². The highest BCUT2D eigenvalue weighted by Gasteiger charge is 2.17. The van der Waals surface area contributed by atoms with Crippen LogP contribution in [0.25, 0.3) is 0 Å². The van der Waals surface area contributed by atoms with Crippen LogP contribution in [0.3, 0.4) is 0 Å². The Labute approximate surface area is 220 Å². The summed E-state index contributed by atoms with van der Waals surface area (Å²) >= 11 is 0. The maximum Gasteiger partial charge on any atom is 0.335 e. The molecule has 1 aliphatic heterocycles. The van der Waals surface area contributed by atoms with Crippen molar-refractivity contribution in [1.82, 2.24) is 4.90 Å². The molecule has 0 unspecified atom stereocenters. The van der Waals surface area contributed by atoms with Gasteiger partial charge in [0, 0.05) is 42.0 Å². The summed E-state index contributed by atoms with van der Waals surface area (Å²) in [5.74, 6) is -2.28. The number of carbonyl (C=O) groups is 3. The highest BCUT2D eigenvalue weighted by molar-refractivity contribution is 6.11. The van der Waals surface area contributed by atoms with Gasteiger partial charge in [-0.2, -0.15) is 0 Å². The number of nitrogens with zero attached hydrogens (tertiary/aromatic N) is 2. The zero-order valence-electron chi connectivity index (χ0n) is 21.0. The van der Waals surface area contributed by atoms with E-state index in [2.05, 4.69) is 27.5 Å². The number of amidine groups is 1. The molecule has 0 saturated carbocycles. The standard InChI is InChI=1S/C28H30N6O4/c1-33-12-3-13-34(15-14-33)22-9-6-18(7-10-22)26(35)32-24-17-21(28(37)38)8-11-23(24)31-27(36)20-5-2-4-19(16-20)25(29)30/h2,4-11,16-17H,3,12-15H2,1H3,(H3,29,30)(H,31,36)(H,32,35)(H,37,38). The Bertz CT molecular complexity index is 1370. The maximum absolute atomic E-state index is 13.1. The van der Waals surface area contributed by atoms with E-state index in [1.807, 2.05) is 12.1 Å². The van der Waals surface area contributed by atoms with Gasteiger partial charge in [0.25, 0.3) is 11.8 Å². The molecule has 3 aromatic carbocycles. The number of rotatable bonds is 7. The molecule has 3 aromatic rings. The molecule has 196 valence electrons. The second-order valence-corrected chi connectivity index (χ2v) is 9.16. The highest BCUT2D eigenvalue weighted by atomic mass is 16.4. The first-order chi connectivity index (χ1) is 18.2. The molecule has 10 nitrogen and oxygen atoms in total. The van der Waals surface area contributed by atoms with Crippen molar-refractivity contribution in [3.05, 3.63) is 89.0 Å². The Kier molecular flexibility index (Phi) is 8.03. The molecule has 0 bridgehead atoms. The summed E-state index contributed by atoms with van der Waals surface area (Å²) in [4.78, 5) is 42.1. The second-order valence-electron chi connectivity index (χ2n) is 9.16. The largest absolute Gasteiger partial charge is 0.478 e. The first-order valence-electron chi connectivity index (χ1n) is 12.2. The average Bonchev–Trinajstić information content (AvgIpc) is 3.14. The van der Waals surface area contributed by atoms with E-state index < -0.39 is 17.8 Å². The van der Waals surface area contributed by atoms with Crippen molar-refractivity contribution in [1.29, 1.82) is 5.41 Å². The number of nitrogen functional groups attached to an aromatic ring is 1. The molecular weight excluding hydrogens is 484 g/mol. The first kappa shape index (κ1) is 26.4. The van der Waals surface area contributed by atoms with Gasteiger partial charge in [0.1, 0.15) is 5.84 Å². The normalized spacial score (nSPS) is 13.9. The van der Waals surface area contributed by atoms with Gasteiger partial charge in [-0.15, -0.1) is 0 Å². The molecule has 0 radical (unpaired) electrons. The number of carboxylic acid groups (broad SMARTS) is 1. The van der Waals surface area contributed by atoms with Crippen LogP contribution in [-0.4, -0.2) is 66.9 Å². The number of amides is 2. The SMILES string of the molecule is CN1CCCN(c2ccc(C(=O)Nc3cc(C(=O)O)ccc3NC(=O)c3cccc(C(=N)N)c3)cc2)CC1. The third-order valence-electron chi connectivity index (χ3n) is 6.41. The minimum Gasteiger partial charge on any atom is -0.478 e. The highest BCUT2D eigenvalue weighted by Crippen LogP contribution is 2.26. The molecule has 0 aliphatic carbocycles. The lowest BCUT2D eigenvalue weighted by Crippen LogP contribution is -2.28. The summed E-state index contributed by atoms with van der Waals surface area (Å²) in [6.07, 6.45) is 1.06. The smallest absolute Gasteiger partial charge is 0.335 e. The number of anilines is 3. The van der Waals surface area contributed by atoms with Gasteiger partial charge in [-0.25, -0.2) is 4.79 Å². The number of nitrogens with two attached hydrogens (primary N) is 1. The monoisotopic (exact) mass is 514 g/mol. The summed E-state index contributed by atoms with van der Waals surface area (Å²) in [7, 11) is 2.11. The van der Waals surface area contributed by atoms with Gasteiger partial charge in [0.15, 0.2) is 0 Å². The van der Waals surface area contributed by atoms with E-state index in [4.69, 9.17) is 11.1 Å². The van der Waals surface area contributed by atoms with Crippen molar-refractivity contribution in [2.45, 2.75) is 6.42 Å². The molecule has 0 aromatic heterocycles. The van der Waals surface area contributed by atoms with Crippen LogP contribution in [0.2, 0.25) is 0 Å². The predicted octanol–water partition coefficient (Wildman–Crippen LogP) is 3.32. The van der Waals surface area contributed by atoms with Crippen molar-refractivity contribution in [2.24, 2.45) is 5.73 Å². The number of carbonyl (C=O) groups excluding carboxylic acids is 2. The van der Waals surface area contributed by atoms with Gasteiger partial charge in [0.05, 0.1) is 16.9 Å². The van der Waals surface area contributed by atoms with Gasteiger partial charge < -0.3 is 31.3 Å². The molecule has 4 rings (SSSR count). The predicted molar refractivity (Wildman–Crippen MR) is 148 cm³/mol. The molecule has 0 spiro atoms. The lowest BCUT2D eigenvalue weighted by molar-refractivity contribution is 0.0696. The number of likely N-dealkylation sites (N-methyl/N-ethyl adjacent to an activating group) is 1. The van der Waals surface area contributed by atoms with Crippen molar-refractivity contribution in [3.63, 3.8) is 0 Å². The van der Waals surface area contributed by atoms with Crippen LogP contribution in [0.1, 0.15) is 43.1 Å². The molecule has 1 saturated heterocycles. The van der Waals surface area contributed by atoms with E-state index in [1.54, 1.807) is 30.3 Å². The molecule has 10 heteroatoms. The van der Waals surface area contributed by atoms with Crippen LogP contribution in [-0.2, 0) is 0 Å². The molecule has 1 fully saturated rings. The number of nitrogens with one attached hydrogen (secondary N) is 3. The van der Waals surface area contributed by atoms with E-state index in [0.717, 1.165) is 38.3 Å². The summed E-state index contributed by atoms with van der Waals surface area (Å²) in [6, 6.07) is 17.6. The second kappa shape index (κ2) is 11.6. The van der Waals surface area contributed by atoms with Crippen LogP contribution in [0, 0.1) is 5.41 Å². The zero-order chi connectivity index (χ0) is 27.2. The van der Waals surface area contributed by atoms with E-state index in [-0.39, 0.29) is 28.3 Å². The number of hydrogen-bond donors (Lipinski definition) is 5. The van der Waals surface area contributed by atoms with Crippen LogP contribution in [0.5, 0.6) is 0 Å². The number of hydrogen-bond acceptors (Lipinski definition) is 6. The molecular formula is C28H30N6O4. The van der Waals surface area contributed by atoms with E-state index in [9.17, 15) is 19.5 Å². The molecule has 1 aliphatic rings. The van der Waals surface area contributed by atoms with Crippen molar-refractivity contribution < 1.29 is 19.5 Å². The van der Waals surface area contributed by atoms with Crippen molar-refractivity contribution in [3.8, 4) is 0 Å². The van der Waals surface area contributed by atoms with E-state index in [1.165, 1.54) is 24.3 Å². The van der Waals surface area contributed by atoms with Crippen LogP contribution < -0.4 is 21.3 Å². The average molecular weight is 515 g/mol. The summed E-state index contributed by atoms with van der Waals surface area (Å²) < 4.78 is 0. The van der Waals surface area contributed by atoms with E-state index >= 15 is 0 Å². The fourth-order valence-electron chi connectivity index (χ4n) is 4.23. The van der Waals surface area contributed by atoms with Gasteiger partial charge in [-0.3, -0.25) is 15.0 Å². The Morgan fingerprint density at radius 2 is 1.45 bits per heavy atom. The summed E-state index contributed by atoms with van der Waals surface area (Å²) in [6.45, 7) is 3.86. The summed E-state index contributed by atoms with van der Waals surface area (Å²) in [5.41, 5.74) is 7.93. The lowest BCUT2D eigenvalue weighted by atomic mass is 10.1. The molecule has 1 heterocycles. The fourth-order valence-corrected chi connectivity index (χ4v) is 4.23. The number of carboxylic acids is 1. The zero-order valence-corrected chi connectivity index (χ0v) is 21.0. The number of benzene rings is 3. The Hall–Kier alpha value is -4.70. The Morgan fingerprint density at radius 1 is 0.789 bits per heavy atom. The molecule has 2 amide bonds. The minimum absolute atomic E-state index is 0.0432. The molecule has 38 heavy (non-hydrogen) atoms. The Morgan fingerprint density at radius 3 is 2.16 bits per heavy atom. The molecule has 0 atom stereocenters. The Balaban J connectivity index is 1.53. The van der Waals surface area contributed by atoms with Crippen LogP contribution >= 0.6 is 0 Å². The number of aromatic carboxylic acids is 1. The van der Waals surface area contributed by atoms with Gasteiger partial charge in [0.2, 0.25) is 0 Å². The maximum atomic E-state index is 13.1. The van der Waals surface area contributed by atoms with Gasteiger partial charge >= 0.3 is 5.97 Å². The fraction of sp³-hybridized carbons (Fsp3) is 0.214. The lowest BCUT2D eigenvalue weighted by Gasteiger charge is -2.23. The molecule has 6 N–H and O–H groups in total. The van der Waals surface area contributed by atoms with Crippen LogP contribution in [0.4, 0.5) is 17.1 Å². The summed E-state index contributed by atoms with van der Waals surface area (Å²) in [5, 5.41) is 22.5.